The van der Waals surface area contributed by atoms with Crippen LogP contribution in [0.25, 0.3) is 5.65 Å². The van der Waals surface area contributed by atoms with Crippen molar-refractivity contribution in [2.45, 2.75) is 19.3 Å². The fourth-order valence-corrected chi connectivity index (χ4v) is 3.16. The van der Waals surface area contributed by atoms with Gasteiger partial charge in [0, 0.05) is 62.4 Å². The zero-order chi connectivity index (χ0) is 20.3. The molecule has 1 aliphatic rings. The number of nitrogens with zero attached hydrogens (tertiary/aromatic N) is 6. The van der Waals surface area contributed by atoms with Crippen molar-refractivity contribution in [3.05, 3.63) is 47.3 Å². The number of likely N-dealkylation sites (tertiary alicyclic amines) is 1. The van der Waals surface area contributed by atoms with Crippen LogP contribution in [-0.4, -0.2) is 59.4 Å². The van der Waals surface area contributed by atoms with Gasteiger partial charge in [0.2, 0.25) is 0 Å². The van der Waals surface area contributed by atoms with Gasteiger partial charge in [-0.1, -0.05) is 0 Å². The van der Waals surface area contributed by atoms with Crippen LogP contribution in [0.1, 0.15) is 5.56 Å². The molecule has 0 saturated carbocycles. The molecule has 0 unspecified atom stereocenters. The molecule has 8 nitrogen and oxygen atoms in total. The van der Waals surface area contributed by atoms with Crippen molar-refractivity contribution in [1.82, 2.24) is 29.0 Å². The molecule has 0 spiro atoms. The number of hydrogen-bond acceptors (Lipinski definition) is 5. The smallest absolute Gasteiger partial charge is 0.475 e. The number of imidazole rings is 1. The number of halogens is 4. The monoisotopic (exact) mass is 460 g/mol. The molecule has 1 aliphatic heterocycles. The number of carboxylic acids is 1. The summed E-state index contributed by atoms with van der Waals surface area (Å²) < 4.78 is 36.6. The Bertz CT molecular complexity index is 938. The van der Waals surface area contributed by atoms with Crippen molar-refractivity contribution in [2.24, 2.45) is 5.92 Å². The Kier molecular flexibility index (Phi) is 5.98. The molecule has 28 heavy (non-hydrogen) atoms. The molecule has 0 amide bonds. The summed E-state index contributed by atoms with van der Waals surface area (Å²) in [5.41, 5.74) is 2.12. The lowest BCUT2D eigenvalue weighted by Crippen LogP contribution is -2.47. The van der Waals surface area contributed by atoms with Crippen LogP contribution in [0, 0.1) is 5.92 Å². The van der Waals surface area contributed by atoms with Gasteiger partial charge in [0.15, 0.2) is 5.65 Å². The molecule has 0 aromatic carbocycles. The van der Waals surface area contributed by atoms with Crippen LogP contribution in [0.2, 0.25) is 0 Å². The lowest BCUT2D eigenvalue weighted by atomic mass is 9.99. The molecule has 0 atom stereocenters. The van der Waals surface area contributed by atoms with Gasteiger partial charge in [-0.3, -0.25) is 4.90 Å². The first-order valence-corrected chi connectivity index (χ1v) is 8.97. The van der Waals surface area contributed by atoms with E-state index in [4.69, 9.17) is 9.90 Å². The molecule has 1 fully saturated rings. The van der Waals surface area contributed by atoms with Crippen LogP contribution in [-0.2, 0) is 17.9 Å². The second kappa shape index (κ2) is 8.27. The van der Waals surface area contributed by atoms with Crippen molar-refractivity contribution in [1.29, 1.82) is 0 Å². The third kappa shape index (κ3) is 5.07. The predicted molar refractivity (Wildman–Crippen MR) is 95.4 cm³/mol. The quantitative estimate of drug-likeness (QED) is 0.643. The van der Waals surface area contributed by atoms with Crippen molar-refractivity contribution >= 4 is 27.5 Å². The second-order valence-corrected chi connectivity index (χ2v) is 7.25. The highest BCUT2D eigenvalue weighted by Gasteiger charge is 2.38. The third-order valence-electron chi connectivity index (χ3n) is 4.10. The summed E-state index contributed by atoms with van der Waals surface area (Å²) >= 11 is 3.41. The Balaban J connectivity index is 0.000000279. The molecular formula is C16H16BrF3N6O2. The summed E-state index contributed by atoms with van der Waals surface area (Å²) in [5.74, 6) is -2.05. The maximum atomic E-state index is 10.6. The number of alkyl halides is 3. The van der Waals surface area contributed by atoms with Crippen molar-refractivity contribution in [2.75, 3.05) is 13.1 Å². The number of fused-ring (bicyclic) bond motifs is 1. The highest BCUT2D eigenvalue weighted by molar-refractivity contribution is 9.10. The van der Waals surface area contributed by atoms with Gasteiger partial charge in [0.05, 0.1) is 17.0 Å². The number of aromatic nitrogens is 5. The largest absolute Gasteiger partial charge is 0.490 e. The zero-order valence-electron chi connectivity index (χ0n) is 14.4. The first-order chi connectivity index (χ1) is 13.2. The average Bonchev–Trinajstić information content (AvgIpc) is 3.22. The zero-order valence-corrected chi connectivity index (χ0v) is 16.0. The number of aliphatic carboxylic acids is 1. The van der Waals surface area contributed by atoms with Gasteiger partial charge in [0.25, 0.3) is 0 Å². The van der Waals surface area contributed by atoms with Crippen LogP contribution < -0.4 is 0 Å². The standard InChI is InChI=1S/C14H15BrN6.C2HF3O2/c15-13-4-17-14-12(3-18-21(14)9-13)8-20-6-11(7-20)5-19-2-1-16-10-19;3-2(4,5)1(6)7/h1-4,9-11H,5-8H2;(H,6,7). The van der Waals surface area contributed by atoms with E-state index in [-0.39, 0.29) is 0 Å². The normalized spacial score (nSPS) is 15.1. The first-order valence-electron chi connectivity index (χ1n) is 8.18. The van der Waals surface area contributed by atoms with Crippen LogP contribution in [0.5, 0.6) is 0 Å². The van der Waals surface area contributed by atoms with Crippen LogP contribution in [0.3, 0.4) is 0 Å². The van der Waals surface area contributed by atoms with E-state index in [2.05, 4.69) is 40.5 Å². The fourth-order valence-electron chi connectivity index (χ4n) is 2.87. The topological polar surface area (TPSA) is 88.5 Å². The maximum absolute atomic E-state index is 10.6. The molecule has 3 aromatic heterocycles. The molecule has 4 heterocycles. The average molecular weight is 461 g/mol. The third-order valence-corrected chi connectivity index (χ3v) is 4.50. The highest BCUT2D eigenvalue weighted by Crippen LogP contribution is 2.22. The van der Waals surface area contributed by atoms with Crippen molar-refractivity contribution < 1.29 is 23.1 Å². The van der Waals surface area contributed by atoms with Crippen molar-refractivity contribution in [3.8, 4) is 0 Å². The van der Waals surface area contributed by atoms with Gasteiger partial charge in [-0.15, -0.1) is 0 Å². The lowest BCUT2D eigenvalue weighted by Gasteiger charge is -2.39. The number of carboxylic acid groups (broad SMARTS) is 1. The van der Waals surface area contributed by atoms with Gasteiger partial charge in [-0.2, -0.15) is 18.3 Å². The Labute approximate surface area is 165 Å². The minimum atomic E-state index is -5.08. The van der Waals surface area contributed by atoms with E-state index in [9.17, 15) is 13.2 Å². The highest BCUT2D eigenvalue weighted by atomic mass is 79.9. The van der Waals surface area contributed by atoms with E-state index in [1.54, 1.807) is 0 Å². The Morgan fingerprint density at radius 3 is 2.64 bits per heavy atom. The molecule has 12 heteroatoms. The van der Waals surface area contributed by atoms with Gasteiger partial charge in [-0.25, -0.2) is 19.3 Å². The SMILES string of the molecule is Brc1cnc2c(CN3CC(Cn4ccnc4)C3)cnn2c1.O=C(O)C(F)(F)F. The molecule has 4 rings (SSSR count). The van der Waals surface area contributed by atoms with Crippen LogP contribution in [0.4, 0.5) is 13.2 Å². The Morgan fingerprint density at radius 2 is 2.04 bits per heavy atom. The molecule has 0 aliphatic carbocycles. The summed E-state index contributed by atoms with van der Waals surface area (Å²) in [6.45, 7) is 4.20. The molecule has 1 N–H and O–H groups in total. The molecular weight excluding hydrogens is 445 g/mol. The summed E-state index contributed by atoms with van der Waals surface area (Å²) in [6, 6.07) is 0. The second-order valence-electron chi connectivity index (χ2n) is 6.33. The van der Waals surface area contributed by atoms with E-state index in [0.717, 1.165) is 36.3 Å². The fraction of sp³-hybridized carbons (Fsp3) is 0.375. The molecule has 0 radical (unpaired) electrons. The first kappa shape index (κ1) is 20.3. The summed E-state index contributed by atoms with van der Waals surface area (Å²) in [5, 5.41) is 11.5. The number of hydrogen-bond donors (Lipinski definition) is 1. The summed E-state index contributed by atoms with van der Waals surface area (Å²) in [7, 11) is 0. The summed E-state index contributed by atoms with van der Waals surface area (Å²) in [6.07, 6.45) is 6.32. The van der Waals surface area contributed by atoms with Gasteiger partial charge < -0.3 is 9.67 Å². The maximum Gasteiger partial charge on any atom is 0.490 e. The predicted octanol–water partition coefficient (Wildman–Crippen LogP) is 2.45. The molecule has 0 bridgehead atoms. The number of carbonyl (C=O) groups is 1. The van der Waals surface area contributed by atoms with E-state index in [1.165, 1.54) is 5.56 Å². The minimum absolute atomic E-state index is 0.711. The number of rotatable bonds is 4. The molecule has 150 valence electrons. The van der Waals surface area contributed by atoms with Gasteiger partial charge >= 0.3 is 12.1 Å². The van der Waals surface area contributed by atoms with Crippen LogP contribution >= 0.6 is 15.9 Å². The van der Waals surface area contributed by atoms with Crippen molar-refractivity contribution in [3.63, 3.8) is 0 Å². The van der Waals surface area contributed by atoms with E-state index in [0.29, 0.717) is 5.92 Å². The van der Waals surface area contributed by atoms with E-state index < -0.39 is 12.1 Å². The Hall–Kier alpha value is -2.47. The van der Waals surface area contributed by atoms with E-state index >= 15 is 0 Å². The Morgan fingerprint density at radius 1 is 1.32 bits per heavy atom. The lowest BCUT2D eigenvalue weighted by molar-refractivity contribution is -0.192. The minimum Gasteiger partial charge on any atom is -0.475 e. The molecule has 3 aromatic rings. The van der Waals surface area contributed by atoms with Gasteiger partial charge in [0.1, 0.15) is 0 Å². The van der Waals surface area contributed by atoms with Crippen LogP contribution in [0.15, 0.2) is 41.8 Å². The summed E-state index contributed by atoms with van der Waals surface area (Å²) in [4.78, 5) is 19.9. The molecule has 1 saturated heterocycles. The van der Waals surface area contributed by atoms with E-state index in [1.807, 2.05) is 41.8 Å². The van der Waals surface area contributed by atoms with Gasteiger partial charge in [-0.05, 0) is 15.9 Å².